The number of benzene rings is 2. The van der Waals surface area contributed by atoms with Crippen molar-refractivity contribution in [2.24, 2.45) is 0 Å². The fourth-order valence-corrected chi connectivity index (χ4v) is 4.03. The average Bonchev–Trinajstić information content (AvgIpc) is 2.98. The zero-order chi connectivity index (χ0) is 15.6. The van der Waals surface area contributed by atoms with E-state index in [0.717, 1.165) is 32.6 Å². The first-order valence-corrected chi connectivity index (χ1v) is 8.58. The maximum atomic E-state index is 13.1. The lowest BCUT2D eigenvalue weighted by Crippen LogP contribution is -2.45. The molecule has 2 aromatic carbocycles. The van der Waals surface area contributed by atoms with Gasteiger partial charge in [0.15, 0.2) is 0 Å². The van der Waals surface area contributed by atoms with E-state index in [2.05, 4.69) is 52.7 Å². The van der Waals surface area contributed by atoms with Gasteiger partial charge in [0.25, 0.3) is 0 Å². The minimum Gasteiger partial charge on any atom is -0.314 e. The Labute approximate surface area is 137 Å². The highest BCUT2D eigenvalue weighted by atomic mass is 19.1. The molecule has 120 valence electrons. The van der Waals surface area contributed by atoms with Gasteiger partial charge in [-0.05, 0) is 40.7 Å². The summed E-state index contributed by atoms with van der Waals surface area (Å²) < 4.78 is 13.1. The molecule has 0 spiro atoms. The molecule has 0 aromatic heterocycles. The Morgan fingerprint density at radius 1 is 1.00 bits per heavy atom. The summed E-state index contributed by atoms with van der Waals surface area (Å²) in [5, 5.41) is 3.38. The van der Waals surface area contributed by atoms with Crippen LogP contribution in [0, 0.1) is 0 Å². The van der Waals surface area contributed by atoms with Gasteiger partial charge >= 0.3 is 0 Å². The van der Waals surface area contributed by atoms with Crippen LogP contribution < -0.4 is 5.32 Å². The highest BCUT2D eigenvalue weighted by Gasteiger charge is 2.24. The molecule has 1 fully saturated rings. The molecular formula is C20H23FN2. The normalized spacial score (nSPS) is 18.5. The summed E-state index contributed by atoms with van der Waals surface area (Å²) >= 11 is 0. The number of halogens is 1. The van der Waals surface area contributed by atoms with Gasteiger partial charge in [-0.2, -0.15) is 0 Å². The molecule has 1 aliphatic heterocycles. The number of hydrogen-bond donors (Lipinski definition) is 1. The number of alkyl halides is 1. The molecule has 0 saturated carbocycles. The number of fused-ring (bicyclic) bond motifs is 3. The molecule has 1 atom stereocenters. The molecule has 4 rings (SSSR count). The maximum Gasteiger partial charge on any atom is 0.0912 e. The average molecular weight is 310 g/mol. The van der Waals surface area contributed by atoms with Crippen LogP contribution in [-0.2, 0) is 6.42 Å². The van der Waals surface area contributed by atoms with Gasteiger partial charge in [-0.15, -0.1) is 0 Å². The summed E-state index contributed by atoms with van der Waals surface area (Å²) in [4.78, 5) is 2.43. The smallest absolute Gasteiger partial charge is 0.0912 e. The van der Waals surface area contributed by atoms with Crippen molar-refractivity contribution in [2.75, 3.05) is 32.9 Å². The number of nitrogens with zero attached hydrogens (tertiary/aromatic N) is 1. The van der Waals surface area contributed by atoms with E-state index < -0.39 is 0 Å². The molecule has 1 N–H and O–H groups in total. The maximum absolute atomic E-state index is 13.1. The highest BCUT2D eigenvalue weighted by molar-refractivity contribution is 5.77. The van der Waals surface area contributed by atoms with Crippen LogP contribution in [0.4, 0.5) is 4.39 Å². The first-order chi connectivity index (χ1) is 11.4. The van der Waals surface area contributed by atoms with Crippen molar-refractivity contribution >= 4 is 0 Å². The molecule has 1 heterocycles. The third-order valence-electron chi connectivity index (χ3n) is 5.18. The summed E-state index contributed by atoms with van der Waals surface area (Å²) in [6.45, 7) is 3.74. The minimum atomic E-state index is -0.258. The van der Waals surface area contributed by atoms with Gasteiger partial charge in [0.1, 0.15) is 0 Å². The number of piperazine rings is 1. The number of nitrogens with one attached hydrogen (secondary N) is 1. The first kappa shape index (κ1) is 14.9. The summed E-state index contributed by atoms with van der Waals surface area (Å²) in [6, 6.07) is 15.6. The van der Waals surface area contributed by atoms with Crippen molar-refractivity contribution in [2.45, 2.75) is 18.9 Å². The van der Waals surface area contributed by atoms with Gasteiger partial charge in [-0.25, -0.2) is 0 Å². The standard InChI is InChI=1S/C20H23FN2/c21-8-7-20(23-11-9-22-10-12-23)16-5-6-19-17(14-16)13-15-3-1-2-4-18(15)19/h1-6,14,20,22H,7-13H2/t20-/m0/s1. The van der Waals surface area contributed by atoms with Crippen molar-refractivity contribution in [3.8, 4) is 11.1 Å². The summed E-state index contributed by atoms with van der Waals surface area (Å²) in [6.07, 6.45) is 1.59. The Balaban J connectivity index is 1.65. The molecule has 0 unspecified atom stereocenters. The van der Waals surface area contributed by atoms with Crippen LogP contribution in [0.5, 0.6) is 0 Å². The first-order valence-electron chi connectivity index (χ1n) is 8.58. The van der Waals surface area contributed by atoms with E-state index in [1.54, 1.807) is 0 Å². The topological polar surface area (TPSA) is 15.3 Å². The monoisotopic (exact) mass is 310 g/mol. The highest BCUT2D eigenvalue weighted by Crippen LogP contribution is 2.38. The van der Waals surface area contributed by atoms with Crippen LogP contribution in [0.15, 0.2) is 42.5 Å². The molecular weight excluding hydrogens is 287 g/mol. The van der Waals surface area contributed by atoms with Crippen molar-refractivity contribution in [1.29, 1.82) is 0 Å². The van der Waals surface area contributed by atoms with E-state index >= 15 is 0 Å². The van der Waals surface area contributed by atoms with Crippen LogP contribution in [0.25, 0.3) is 11.1 Å². The number of hydrogen-bond acceptors (Lipinski definition) is 2. The van der Waals surface area contributed by atoms with Gasteiger partial charge < -0.3 is 5.32 Å². The van der Waals surface area contributed by atoms with Gasteiger partial charge in [-0.3, -0.25) is 9.29 Å². The summed E-state index contributed by atoms with van der Waals surface area (Å²) in [5.41, 5.74) is 6.78. The van der Waals surface area contributed by atoms with Crippen LogP contribution in [-0.4, -0.2) is 37.8 Å². The lowest BCUT2D eigenvalue weighted by Gasteiger charge is -2.35. The largest absolute Gasteiger partial charge is 0.314 e. The lowest BCUT2D eigenvalue weighted by atomic mass is 9.96. The minimum absolute atomic E-state index is 0.205. The molecule has 1 aliphatic carbocycles. The second-order valence-electron chi connectivity index (χ2n) is 6.53. The second kappa shape index (κ2) is 6.42. The molecule has 0 amide bonds. The Bertz CT molecular complexity index is 692. The fraction of sp³-hybridized carbons (Fsp3) is 0.400. The molecule has 2 aliphatic rings. The lowest BCUT2D eigenvalue weighted by molar-refractivity contribution is 0.157. The van der Waals surface area contributed by atoms with Crippen LogP contribution in [0.3, 0.4) is 0 Å². The Morgan fingerprint density at radius 3 is 2.61 bits per heavy atom. The molecule has 1 saturated heterocycles. The molecule has 0 radical (unpaired) electrons. The molecule has 23 heavy (non-hydrogen) atoms. The zero-order valence-electron chi connectivity index (χ0n) is 13.4. The van der Waals surface area contributed by atoms with Gasteiger partial charge in [0.2, 0.25) is 0 Å². The Morgan fingerprint density at radius 2 is 1.78 bits per heavy atom. The van der Waals surface area contributed by atoms with Crippen LogP contribution in [0.2, 0.25) is 0 Å². The van der Waals surface area contributed by atoms with Gasteiger partial charge in [0.05, 0.1) is 6.67 Å². The van der Waals surface area contributed by atoms with E-state index in [0.29, 0.717) is 6.42 Å². The third kappa shape index (κ3) is 2.79. The van der Waals surface area contributed by atoms with Crippen molar-refractivity contribution < 1.29 is 4.39 Å². The zero-order valence-corrected chi connectivity index (χ0v) is 13.4. The summed E-state index contributed by atoms with van der Waals surface area (Å²) in [7, 11) is 0. The van der Waals surface area contributed by atoms with Crippen LogP contribution >= 0.6 is 0 Å². The van der Waals surface area contributed by atoms with Crippen molar-refractivity contribution in [3.63, 3.8) is 0 Å². The quantitative estimate of drug-likeness (QED) is 0.792. The Hall–Kier alpha value is -1.71. The van der Waals surface area contributed by atoms with E-state index in [-0.39, 0.29) is 12.7 Å². The van der Waals surface area contributed by atoms with Crippen LogP contribution in [0.1, 0.15) is 29.2 Å². The van der Waals surface area contributed by atoms with E-state index in [1.807, 2.05) is 0 Å². The fourth-order valence-electron chi connectivity index (χ4n) is 4.03. The van der Waals surface area contributed by atoms with E-state index in [9.17, 15) is 4.39 Å². The van der Waals surface area contributed by atoms with Gasteiger partial charge in [-0.1, -0.05) is 42.5 Å². The number of rotatable bonds is 4. The van der Waals surface area contributed by atoms with Gasteiger partial charge in [0, 0.05) is 32.2 Å². The molecule has 2 aromatic rings. The second-order valence-corrected chi connectivity index (χ2v) is 6.53. The van der Waals surface area contributed by atoms with Crippen molar-refractivity contribution in [3.05, 3.63) is 59.2 Å². The van der Waals surface area contributed by atoms with Crippen molar-refractivity contribution in [1.82, 2.24) is 10.2 Å². The third-order valence-corrected chi connectivity index (χ3v) is 5.18. The summed E-state index contributed by atoms with van der Waals surface area (Å²) in [5.74, 6) is 0. The molecule has 3 heteroatoms. The SMILES string of the molecule is FCC[C@@H](c1ccc2c(c1)Cc1ccccc1-2)N1CCNCC1. The molecule has 0 bridgehead atoms. The van der Waals surface area contributed by atoms with E-state index in [1.165, 1.54) is 27.8 Å². The Kier molecular flexibility index (Phi) is 4.15. The predicted octanol–water partition coefficient (Wildman–Crippen LogP) is 3.56. The molecule has 2 nitrogen and oxygen atoms in total. The van der Waals surface area contributed by atoms with E-state index in [4.69, 9.17) is 0 Å². The predicted molar refractivity (Wildman–Crippen MR) is 92.5 cm³/mol.